The van der Waals surface area contributed by atoms with Crippen molar-refractivity contribution >= 4 is 0 Å². The highest BCUT2D eigenvalue weighted by Crippen LogP contribution is 1.76. The molecule has 0 aromatic carbocycles. The van der Waals surface area contributed by atoms with Gasteiger partial charge in [-0.3, -0.25) is 0 Å². The fraction of sp³-hybridized carbons (Fsp3) is 1.00. The summed E-state index contributed by atoms with van der Waals surface area (Å²) < 4.78 is 4.82. The molecule has 0 N–H and O–H groups in total. The summed E-state index contributed by atoms with van der Waals surface area (Å²) in [6.07, 6.45) is 1.00. The standard InChI is InChI=1S/C5H11O2/c1-2-4-7-5-3-6/h2-5H2,1H3. The monoisotopic (exact) mass is 103 g/mol. The molecule has 0 aliphatic rings. The largest absolute Gasteiger partial charge is 0.379 e. The molecule has 0 aromatic rings. The highest BCUT2D eigenvalue weighted by Gasteiger charge is 1.80. The second kappa shape index (κ2) is 5.92. The minimum Gasteiger partial charge on any atom is -0.379 e. The number of rotatable bonds is 4. The first-order valence-electron chi connectivity index (χ1n) is 2.57. The van der Waals surface area contributed by atoms with E-state index in [2.05, 4.69) is 0 Å². The van der Waals surface area contributed by atoms with E-state index in [-0.39, 0.29) is 6.61 Å². The summed E-state index contributed by atoms with van der Waals surface area (Å²) in [4.78, 5) is 0. The predicted octanol–water partition coefficient (Wildman–Crippen LogP) is 0.844. The average Bonchev–Trinajstić information content (AvgIpc) is 1.69. The number of hydrogen-bond acceptors (Lipinski definition) is 1. The molecule has 0 aliphatic carbocycles. The third-order valence-electron chi connectivity index (χ3n) is 0.576. The van der Waals surface area contributed by atoms with Gasteiger partial charge in [0.1, 0.15) is 6.61 Å². The number of ether oxygens (including phenoxy) is 1. The molecule has 0 heterocycles. The Bertz CT molecular complexity index is 25.3. The molecule has 7 heavy (non-hydrogen) atoms. The van der Waals surface area contributed by atoms with E-state index in [1.54, 1.807) is 0 Å². The van der Waals surface area contributed by atoms with E-state index < -0.39 is 0 Å². The van der Waals surface area contributed by atoms with Crippen LogP contribution in [0.25, 0.3) is 0 Å². The molecule has 0 bridgehead atoms. The first kappa shape index (κ1) is 6.92. The van der Waals surface area contributed by atoms with E-state index >= 15 is 0 Å². The van der Waals surface area contributed by atoms with E-state index in [4.69, 9.17) is 4.74 Å². The van der Waals surface area contributed by atoms with Gasteiger partial charge in [-0.2, -0.15) is 0 Å². The molecule has 0 saturated carbocycles. The van der Waals surface area contributed by atoms with Gasteiger partial charge in [-0.05, 0) is 6.42 Å². The Hall–Kier alpha value is -0.0800. The smallest absolute Gasteiger partial charge is 0.106 e. The predicted molar refractivity (Wildman–Crippen MR) is 26.7 cm³/mol. The second-order valence-electron chi connectivity index (χ2n) is 1.32. The van der Waals surface area contributed by atoms with Gasteiger partial charge in [0.2, 0.25) is 0 Å². The fourth-order valence-electron chi connectivity index (χ4n) is 0.305. The van der Waals surface area contributed by atoms with Gasteiger partial charge in [0, 0.05) is 6.61 Å². The molecule has 0 saturated heterocycles. The van der Waals surface area contributed by atoms with Crippen LogP contribution in [0.15, 0.2) is 0 Å². The summed E-state index contributed by atoms with van der Waals surface area (Å²) in [7, 11) is 0. The summed E-state index contributed by atoms with van der Waals surface area (Å²) in [5, 5.41) is 9.68. The molecule has 43 valence electrons. The van der Waals surface area contributed by atoms with E-state index in [0.29, 0.717) is 6.61 Å². The Morgan fingerprint density at radius 1 is 1.43 bits per heavy atom. The van der Waals surface area contributed by atoms with Gasteiger partial charge in [0.05, 0.1) is 6.61 Å². The van der Waals surface area contributed by atoms with Crippen LogP contribution in [0.5, 0.6) is 0 Å². The van der Waals surface area contributed by atoms with Crippen LogP contribution in [-0.2, 0) is 9.84 Å². The molecular formula is C5H11O2. The maximum absolute atomic E-state index is 9.68. The van der Waals surface area contributed by atoms with E-state index in [1.165, 1.54) is 0 Å². The van der Waals surface area contributed by atoms with Gasteiger partial charge in [0.15, 0.2) is 0 Å². The Morgan fingerprint density at radius 3 is 2.57 bits per heavy atom. The van der Waals surface area contributed by atoms with Crippen LogP contribution in [0.4, 0.5) is 0 Å². The third kappa shape index (κ3) is 5.92. The third-order valence-corrected chi connectivity index (χ3v) is 0.576. The van der Waals surface area contributed by atoms with Gasteiger partial charge in [-0.1, -0.05) is 6.92 Å². The summed E-state index contributed by atoms with van der Waals surface area (Å²) in [6.45, 7) is 3.00. The van der Waals surface area contributed by atoms with Crippen molar-refractivity contribution in [2.45, 2.75) is 13.3 Å². The van der Waals surface area contributed by atoms with Gasteiger partial charge in [-0.15, -0.1) is 0 Å². The minimum absolute atomic E-state index is 0.111. The van der Waals surface area contributed by atoms with Crippen LogP contribution in [0.3, 0.4) is 0 Å². The highest BCUT2D eigenvalue weighted by molar-refractivity contribution is 4.24. The topological polar surface area (TPSA) is 29.1 Å². The zero-order chi connectivity index (χ0) is 5.54. The van der Waals surface area contributed by atoms with Gasteiger partial charge in [0.25, 0.3) is 0 Å². The van der Waals surface area contributed by atoms with Crippen molar-refractivity contribution in [3.63, 3.8) is 0 Å². The molecule has 0 spiro atoms. The van der Waals surface area contributed by atoms with Crippen molar-refractivity contribution in [2.75, 3.05) is 19.8 Å². The lowest BCUT2D eigenvalue weighted by molar-refractivity contribution is 0.0642. The van der Waals surface area contributed by atoms with E-state index in [1.807, 2.05) is 6.92 Å². The molecule has 0 atom stereocenters. The SMILES string of the molecule is CCCOCC[O]. The zero-order valence-corrected chi connectivity index (χ0v) is 4.64. The van der Waals surface area contributed by atoms with Crippen LogP contribution in [-0.4, -0.2) is 19.8 Å². The number of hydrogen-bond donors (Lipinski definition) is 0. The van der Waals surface area contributed by atoms with Crippen molar-refractivity contribution in [2.24, 2.45) is 0 Å². The lowest BCUT2D eigenvalue weighted by atomic mass is 10.5. The zero-order valence-electron chi connectivity index (χ0n) is 4.64. The Labute approximate surface area is 44.1 Å². The maximum atomic E-state index is 9.68. The molecule has 0 aliphatic heterocycles. The first-order valence-corrected chi connectivity index (χ1v) is 2.57. The summed E-state index contributed by atoms with van der Waals surface area (Å²) in [5.41, 5.74) is 0. The Kier molecular flexibility index (Phi) is 5.85. The molecule has 2 nitrogen and oxygen atoms in total. The van der Waals surface area contributed by atoms with Gasteiger partial charge < -0.3 is 4.74 Å². The van der Waals surface area contributed by atoms with Crippen molar-refractivity contribution in [3.05, 3.63) is 0 Å². The molecule has 2 heteroatoms. The molecule has 0 amide bonds. The van der Waals surface area contributed by atoms with Crippen molar-refractivity contribution in [1.29, 1.82) is 0 Å². The van der Waals surface area contributed by atoms with Crippen LogP contribution in [0.2, 0.25) is 0 Å². The second-order valence-corrected chi connectivity index (χ2v) is 1.32. The summed E-state index contributed by atoms with van der Waals surface area (Å²) in [6, 6.07) is 0. The summed E-state index contributed by atoms with van der Waals surface area (Å²) >= 11 is 0. The minimum atomic E-state index is -0.111. The van der Waals surface area contributed by atoms with Crippen LogP contribution >= 0.6 is 0 Å². The molecule has 0 unspecified atom stereocenters. The van der Waals surface area contributed by atoms with E-state index in [9.17, 15) is 5.11 Å². The normalized spacial score (nSPS) is 9.43. The lowest BCUT2D eigenvalue weighted by Gasteiger charge is -1.93. The molecule has 0 fully saturated rings. The maximum Gasteiger partial charge on any atom is 0.106 e. The molecule has 0 aromatic heterocycles. The summed E-state index contributed by atoms with van der Waals surface area (Å²) in [5.74, 6) is 0. The van der Waals surface area contributed by atoms with Crippen LogP contribution in [0, 0.1) is 0 Å². The fourth-order valence-corrected chi connectivity index (χ4v) is 0.305. The Morgan fingerprint density at radius 2 is 2.14 bits per heavy atom. The van der Waals surface area contributed by atoms with Crippen molar-refractivity contribution < 1.29 is 9.84 Å². The van der Waals surface area contributed by atoms with Crippen molar-refractivity contribution in [3.8, 4) is 0 Å². The van der Waals surface area contributed by atoms with Gasteiger partial charge >= 0.3 is 0 Å². The Balaban J connectivity index is 2.45. The van der Waals surface area contributed by atoms with E-state index in [0.717, 1.165) is 13.0 Å². The molecule has 0 rings (SSSR count). The quantitative estimate of drug-likeness (QED) is 0.485. The van der Waals surface area contributed by atoms with Gasteiger partial charge in [-0.25, -0.2) is 5.11 Å². The van der Waals surface area contributed by atoms with Crippen LogP contribution in [0.1, 0.15) is 13.3 Å². The van der Waals surface area contributed by atoms with Crippen molar-refractivity contribution in [1.82, 2.24) is 0 Å². The van der Waals surface area contributed by atoms with Crippen LogP contribution < -0.4 is 0 Å². The molecule has 1 radical (unpaired) electrons. The lowest BCUT2D eigenvalue weighted by Crippen LogP contribution is -1.97. The highest BCUT2D eigenvalue weighted by atomic mass is 16.5. The average molecular weight is 103 g/mol. The molecular weight excluding hydrogens is 92.1 g/mol. The first-order chi connectivity index (χ1) is 3.41.